The van der Waals surface area contributed by atoms with Gasteiger partial charge in [0.2, 0.25) is 0 Å². The number of hydrogen-bond acceptors (Lipinski definition) is 5. The number of β-amino-alcohol motifs (C(OH)–C–C–N with tert-alkyl or cyclic N) is 1. The normalized spacial score (nSPS) is 20.5. The molecule has 3 rings (SSSR count). The SMILES string of the molecule is CC(=O)O.Cc1ccc(OCC(=O)N[C@@]2(c3ccccc3)CCNC[C@H]2O)cc1C. The van der Waals surface area contributed by atoms with Crippen molar-refractivity contribution in [3.8, 4) is 5.75 Å². The van der Waals surface area contributed by atoms with Crippen molar-refractivity contribution in [3.05, 3.63) is 65.2 Å². The molecule has 0 bridgehead atoms. The van der Waals surface area contributed by atoms with Crippen LogP contribution in [0.3, 0.4) is 0 Å². The Bertz CT molecular complexity index is 852. The molecule has 2 aromatic rings. The molecule has 1 aliphatic heterocycles. The minimum atomic E-state index is -0.833. The molecule has 4 N–H and O–H groups in total. The number of amides is 1. The average molecular weight is 415 g/mol. The zero-order chi connectivity index (χ0) is 22.1. The summed E-state index contributed by atoms with van der Waals surface area (Å²) in [6, 6.07) is 15.4. The van der Waals surface area contributed by atoms with Crippen molar-refractivity contribution in [1.29, 1.82) is 0 Å². The minimum absolute atomic E-state index is 0.0861. The number of benzene rings is 2. The number of aliphatic hydroxyl groups is 1. The summed E-state index contributed by atoms with van der Waals surface area (Å²) in [7, 11) is 0. The Kier molecular flexibility index (Phi) is 8.38. The van der Waals surface area contributed by atoms with Crippen molar-refractivity contribution in [1.82, 2.24) is 10.6 Å². The van der Waals surface area contributed by atoms with E-state index in [-0.39, 0.29) is 12.5 Å². The van der Waals surface area contributed by atoms with Gasteiger partial charge < -0.3 is 25.6 Å². The molecule has 1 amide bonds. The Morgan fingerprint density at radius 3 is 2.43 bits per heavy atom. The van der Waals surface area contributed by atoms with Gasteiger partial charge in [-0.2, -0.15) is 0 Å². The first kappa shape index (κ1) is 23.4. The first-order valence-corrected chi connectivity index (χ1v) is 9.89. The first-order valence-electron chi connectivity index (χ1n) is 9.89. The molecule has 1 saturated heterocycles. The standard InChI is InChI=1S/C21H26N2O3.C2H4O2/c1-15-8-9-18(12-16(15)2)26-14-20(25)23-21(10-11-22-13-19(21)24)17-6-4-3-5-7-17;1-2(3)4/h3-9,12,19,22,24H,10-11,13-14H2,1-2H3,(H,23,25);1H3,(H,3,4)/t19-,21-;/m1./s1. The molecule has 0 unspecified atom stereocenters. The highest BCUT2D eigenvalue weighted by atomic mass is 16.5. The van der Waals surface area contributed by atoms with E-state index in [0.29, 0.717) is 18.7 Å². The van der Waals surface area contributed by atoms with Crippen molar-refractivity contribution in [3.63, 3.8) is 0 Å². The second-order valence-corrected chi connectivity index (χ2v) is 7.41. The summed E-state index contributed by atoms with van der Waals surface area (Å²) in [4.78, 5) is 21.6. The lowest BCUT2D eigenvalue weighted by atomic mass is 9.79. The predicted octanol–water partition coefficient (Wildman–Crippen LogP) is 2.14. The number of rotatable bonds is 5. The molecule has 30 heavy (non-hydrogen) atoms. The van der Waals surface area contributed by atoms with Gasteiger partial charge in [-0.25, -0.2) is 0 Å². The maximum Gasteiger partial charge on any atom is 0.300 e. The average Bonchev–Trinajstić information content (AvgIpc) is 2.71. The number of hydrogen-bond donors (Lipinski definition) is 4. The van der Waals surface area contributed by atoms with E-state index in [0.717, 1.165) is 24.6 Å². The van der Waals surface area contributed by atoms with Gasteiger partial charge in [0.1, 0.15) is 5.75 Å². The van der Waals surface area contributed by atoms with Crippen LogP contribution in [0.15, 0.2) is 48.5 Å². The summed E-state index contributed by atoms with van der Waals surface area (Å²) in [5.41, 5.74) is 2.42. The summed E-state index contributed by atoms with van der Waals surface area (Å²) >= 11 is 0. The van der Waals surface area contributed by atoms with Gasteiger partial charge in [0.15, 0.2) is 6.61 Å². The molecule has 0 aliphatic carbocycles. The maximum atomic E-state index is 12.6. The molecule has 7 heteroatoms. The topological polar surface area (TPSA) is 108 Å². The smallest absolute Gasteiger partial charge is 0.300 e. The maximum absolute atomic E-state index is 12.6. The molecule has 1 heterocycles. The van der Waals surface area contributed by atoms with Gasteiger partial charge in [-0.1, -0.05) is 36.4 Å². The van der Waals surface area contributed by atoms with Crippen LogP contribution in [0, 0.1) is 13.8 Å². The van der Waals surface area contributed by atoms with Gasteiger partial charge in [0, 0.05) is 13.5 Å². The van der Waals surface area contributed by atoms with Crippen LogP contribution in [0.5, 0.6) is 5.75 Å². The summed E-state index contributed by atoms with van der Waals surface area (Å²) in [5, 5.41) is 24.3. The van der Waals surface area contributed by atoms with Crippen LogP contribution in [0.1, 0.15) is 30.0 Å². The number of carboxylic acid groups (broad SMARTS) is 1. The molecule has 1 fully saturated rings. The van der Waals surface area contributed by atoms with Gasteiger partial charge in [-0.05, 0) is 55.6 Å². The van der Waals surface area contributed by atoms with E-state index in [1.807, 2.05) is 62.4 Å². The summed E-state index contributed by atoms with van der Waals surface area (Å²) < 4.78 is 5.65. The second kappa shape index (κ2) is 10.8. The Morgan fingerprint density at radius 1 is 1.17 bits per heavy atom. The fraction of sp³-hybridized carbons (Fsp3) is 0.391. The number of aryl methyl sites for hydroxylation is 2. The van der Waals surface area contributed by atoms with Crippen molar-refractivity contribution >= 4 is 11.9 Å². The summed E-state index contributed by atoms with van der Waals surface area (Å²) in [6.07, 6.45) is -0.0858. The molecule has 162 valence electrons. The van der Waals surface area contributed by atoms with Crippen LogP contribution in [-0.2, 0) is 15.1 Å². The third-order valence-corrected chi connectivity index (χ3v) is 5.10. The lowest BCUT2D eigenvalue weighted by Crippen LogP contribution is -2.61. The second-order valence-electron chi connectivity index (χ2n) is 7.41. The highest BCUT2D eigenvalue weighted by molar-refractivity contribution is 5.78. The van der Waals surface area contributed by atoms with Gasteiger partial charge in [-0.3, -0.25) is 9.59 Å². The lowest BCUT2D eigenvalue weighted by Gasteiger charge is -2.42. The number of carbonyl (C=O) groups is 2. The van der Waals surface area contributed by atoms with E-state index < -0.39 is 17.6 Å². The van der Waals surface area contributed by atoms with E-state index in [9.17, 15) is 9.90 Å². The van der Waals surface area contributed by atoms with E-state index in [1.54, 1.807) is 0 Å². The molecule has 0 saturated carbocycles. The summed E-state index contributed by atoms with van der Waals surface area (Å²) in [6.45, 7) is 6.21. The van der Waals surface area contributed by atoms with Crippen LogP contribution in [-0.4, -0.2) is 47.9 Å². The van der Waals surface area contributed by atoms with E-state index >= 15 is 0 Å². The first-order chi connectivity index (χ1) is 14.2. The predicted molar refractivity (Wildman–Crippen MR) is 114 cm³/mol. The molecule has 0 aromatic heterocycles. The fourth-order valence-corrected chi connectivity index (χ4v) is 3.39. The molecule has 7 nitrogen and oxygen atoms in total. The Labute approximate surface area is 177 Å². The number of aliphatic carboxylic acids is 1. The van der Waals surface area contributed by atoms with E-state index in [2.05, 4.69) is 10.6 Å². The van der Waals surface area contributed by atoms with Crippen LogP contribution in [0.25, 0.3) is 0 Å². The lowest BCUT2D eigenvalue weighted by molar-refractivity contribution is -0.134. The third kappa shape index (κ3) is 6.30. The van der Waals surface area contributed by atoms with Crippen LogP contribution < -0.4 is 15.4 Å². The van der Waals surface area contributed by atoms with Gasteiger partial charge in [0.05, 0.1) is 11.6 Å². The molecule has 1 aliphatic rings. The highest BCUT2D eigenvalue weighted by Crippen LogP contribution is 2.31. The number of ether oxygens (including phenoxy) is 1. The fourth-order valence-electron chi connectivity index (χ4n) is 3.39. The largest absolute Gasteiger partial charge is 0.484 e. The highest BCUT2D eigenvalue weighted by Gasteiger charge is 2.42. The van der Waals surface area contributed by atoms with Gasteiger partial charge in [0.25, 0.3) is 11.9 Å². The zero-order valence-corrected chi connectivity index (χ0v) is 17.6. The molecular weight excluding hydrogens is 384 g/mol. The zero-order valence-electron chi connectivity index (χ0n) is 17.6. The number of aliphatic hydroxyl groups excluding tert-OH is 1. The van der Waals surface area contributed by atoms with E-state index in [1.165, 1.54) is 5.56 Å². The van der Waals surface area contributed by atoms with Crippen LogP contribution in [0.2, 0.25) is 0 Å². The van der Waals surface area contributed by atoms with Crippen molar-refractivity contribution in [2.45, 2.75) is 38.8 Å². The quantitative estimate of drug-likeness (QED) is 0.597. The third-order valence-electron chi connectivity index (χ3n) is 5.10. The Balaban J connectivity index is 0.000000735. The number of carboxylic acids is 1. The monoisotopic (exact) mass is 414 g/mol. The number of nitrogens with one attached hydrogen (secondary N) is 2. The Hall–Kier alpha value is -2.90. The molecule has 2 aromatic carbocycles. The van der Waals surface area contributed by atoms with Gasteiger partial charge in [-0.15, -0.1) is 0 Å². The number of piperidine rings is 1. The number of carbonyl (C=O) groups excluding carboxylic acids is 1. The van der Waals surface area contributed by atoms with Crippen molar-refractivity contribution in [2.75, 3.05) is 19.7 Å². The van der Waals surface area contributed by atoms with Crippen LogP contribution in [0.4, 0.5) is 0 Å². The van der Waals surface area contributed by atoms with Gasteiger partial charge >= 0.3 is 0 Å². The Morgan fingerprint density at radius 2 is 1.83 bits per heavy atom. The van der Waals surface area contributed by atoms with Crippen molar-refractivity contribution < 1.29 is 24.5 Å². The molecular formula is C23H30N2O5. The molecule has 0 radical (unpaired) electrons. The molecule has 2 atom stereocenters. The van der Waals surface area contributed by atoms with Crippen molar-refractivity contribution in [2.24, 2.45) is 0 Å². The molecule has 0 spiro atoms. The minimum Gasteiger partial charge on any atom is -0.484 e. The van der Waals surface area contributed by atoms with E-state index in [4.69, 9.17) is 14.6 Å². The summed E-state index contributed by atoms with van der Waals surface area (Å²) in [5.74, 6) is -0.407. The van der Waals surface area contributed by atoms with Crippen LogP contribution >= 0.6 is 0 Å².